The van der Waals surface area contributed by atoms with Crippen molar-refractivity contribution in [2.75, 3.05) is 0 Å². The van der Waals surface area contributed by atoms with Gasteiger partial charge in [-0.25, -0.2) is 4.79 Å². The molecule has 0 fully saturated rings. The molecule has 0 atom stereocenters. The number of carboxylic acid groups (broad SMARTS) is 1. The third-order valence-electron chi connectivity index (χ3n) is 2.99. The van der Waals surface area contributed by atoms with E-state index in [2.05, 4.69) is 5.32 Å². The second-order valence-corrected chi connectivity index (χ2v) is 4.91. The smallest absolute Gasteiger partial charge is 0.328 e. The Bertz CT molecular complexity index is 641. The number of rotatable bonds is 3. The van der Waals surface area contributed by atoms with Crippen molar-refractivity contribution in [2.24, 2.45) is 0 Å². The molecule has 0 saturated heterocycles. The van der Waals surface area contributed by atoms with E-state index < -0.39 is 11.5 Å². The van der Waals surface area contributed by atoms with E-state index in [4.69, 9.17) is 5.11 Å². The van der Waals surface area contributed by atoms with Crippen molar-refractivity contribution in [3.63, 3.8) is 0 Å². The summed E-state index contributed by atoms with van der Waals surface area (Å²) in [4.78, 5) is 23.2. The first-order chi connectivity index (χ1) is 8.92. The quantitative estimate of drug-likeness (QED) is 0.887. The van der Waals surface area contributed by atoms with E-state index in [-0.39, 0.29) is 5.91 Å². The number of amides is 1. The number of hydrogen-bond acceptors (Lipinski definition) is 2. The van der Waals surface area contributed by atoms with Crippen molar-refractivity contribution in [3.8, 4) is 0 Å². The first kappa shape index (κ1) is 13.1. The zero-order valence-corrected chi connectivity index (χ0v) is 10.8. The van der Waals surface area contributed by atoms with Gasteiger partial charge in [0.2, 0.25) is 0 Å². The molecule has 0 radical (unpaired) electrons. The number of carboxylic acids is 1. The maximum Gasteiger partial charge on any atom is 0.328 e. The molecule has 2 rings (SSSR count). The maximum absolute atomic E-state index is 12.2. The molecule has 98 valence electrons. The third-order valence-corrected chi connectivity index (χ3v) is 2.99. The molecule has 2 aromatic carbocycles. The standard InChI is InChI=1S/C15H15NO3/c1-15(2,14(18)19)16-13(17)12-9-5-7-10-6-3-4-8-11(10)12/h3-9H,1-2H3,(H,16,17)(H,18,19). The van der Waals surface area contributed by atoms with E-state index in [1.165, 1.54) is 13.8 Å². The molecule has 0 spiro atoms. The van der Waals surface area contributed by atoms with Crippen molar-refractivity contribution in [1.82, 2.24) is 5.32 Å². The summed E-state index contributed by atoms with van der Waals surface area (Å²) in [7, 11) is 0. The number of nitrogens with one attached hydrogen (secondary N) is 1. The van der Waals surface area contributed by atoms with E-state index in [9.17, 15) is 9.59 Å². The van der Waals surface area contributed by atoms with Gasteiger partial charge in [0.25, 0.3) is 5.91 Å². The highest BCUT2D eigenvalue weighted by atomic mass is 16.4. The number of benzene rings is 2. The Morgan fingerprint density at radius 2 is 1.68 bits per heavy atom. The molecule has 0 bridgehead atoms. The molecule has 0 saturated carbocycles. The normalized spacial score (nSPS) is 11.3. The minimum Gasteiger partial charge on any atom is -0.480 e. The first-order valence-corrected chi connectivity index (χ1v) is 5.95. The summed E-state index contributed by atoms with van der Waals surface area (Å²) in [6.07, 6.45) is 0. The molecule has 0 aliphatic carbocycles. The second kappa shape index (κ2) is 4.72. The zero-order chi connectivity index (χ0) is 14.0. The van der Waals surface area contributed by atoms with E-state index >= 15 is 0 Å². The van der Waals surface area contributed by atoms with Crippen LogP contribution >= 0.6 is 0 Å². The van der Waals surface area contributed by atoms with Crippen LogP contribution in [0.3, 0.4) is 0 Å². The minimum absolute atomic E-state index is 0.385. The van der Waals surface area contributed by atoms with Crippen molar-refractivity contribution < 1.29 is 14.7 Å². The Labute approximate surface area is 111 Å². The highest BCUT2D eigenvalue weighted by molar-refractivity contribution is 6.08. The Hall–Kier alpha value is -2.36. The van der Waals surface area contributed by atoms with E-state index in [1.807, 2.05) is 30.3 Å². The van der Waals surface area contributed by atoms with Crippen LogP contribution in [0.1, 0.15) is 24.2 Å². The molecular formula is C15H15NO3. The fourth-order valence-corrected chi connectivity index (χ4v) is 1.83. The molecule has 0 aliphatic rings. The molecule has 0 unspecified atom stereocenters. The molecule has 0 aliphatic heterocycles. The Kier molecular flexibility index (Phi) is 3.25. The van der Waals surface area contributed by atoms with Gasteiger partial charge in [-0.1, -0.05) is 36.4 Å². The lowest BCUT2D eigenvalue weighted by molar-refractivity contribution is -0.143. The third kappa shape index (κ3) is 2.57. The molecule has 1 amide bonds. The summed E-state index contributed by atoms with van der Waals surface area (Å²) < 4.78 is 0. The monoisotopic (exact) mass is 257 g/mol. The highest BCUT2D eigenvalue weighted by Gasteiger charge is 2.29. The van der Waals surface area contributed by atoms with Crippen molar-refractivity contribution >= 4 is 22.6 Å². The predicted octanol–water partition coefficient (Wildman–Crippen LogP) is 2.43. The molecule has 4 nitrogen and oxygen atoms in total. The molecule has 4 heteroatoms. The number of carbonyl (C=O) groups excluding carboxylic acids is 1. The van der Waals surface area contributed by atoms with Crippen LogP contribution in [0.5, 0.6) is 0 Å². The van der Waals surface area contributed by atoms with Gasteiger partial charge < -0.3 is 10.4 Å². The van der Waals surface area contributed by atoms with Gasteiger partial charge >= 0.3 is 5.97 Å². The summed E-state index contributed by atoms with van der Waals surface area (Å²) in [5.74, 6) is -1.45. The van der Waals surface area contributed by atoms with Crippen LogP contribution < -0.4 is 5.32 Å². The SMILES string of the molecule is CC(C)(NC(=O)c1cccc2ccccc12)C(=O)O. The average molecular weight is 257 g/mol. The van der Waals surface area contributed by atoms with Crippen LogP contribution in [0, 0.1) is 0 Å². The van der Waals surface area contributed by atoms with Crippen LogP contribution in [-0.2, 0) is 4.79 Å². The molecule has 0 aromatic heterocycles. The highest BCUT2D eigenvalue weighted by Crippen LogP contribution is 2.19. The summed E-state index contributed by atoms with van der Waals surface area (Å²) in [5, 5.41) is 13.3. The molecular weight excluding hydrogens is 242 g/mol. The van der Waals surface area contributed by atoms with Gasteiger partial charge in [-0.15, -0.1) is 0 Å². The molecule has 19 heavy (non-hydrogen) atoms. The fourth-order valence-electron chi connectivity index (χ4n) is 1.83. The van der Waals surface area contributed by atoms with E-state index in [0.717, 1.165) is 10.8 Å². The Morgan fingerprint density at radius 1 is 1.05 bits per heavy atom. The van der Waals surface area contributed by atoms with Gasteiger partial charge in [0, 0.05) is 5.56 Å². The molecule has 0 heterocycles. The van der Waals surface area contributed by atoms with Gasteiger partial charge in [-0.2, -0.15) is 0 Å². The van der Waals surface area contributed by atoms with Gasteiger partial charge in [0.15, 0.2) is 0 Å². The second-order valence-electron chi connectivity index (χ2n) is 4.91. The van der Waals surface area contributed by atoms with Crippen molar-refractivity contribution in [1.29, 1.82) is 0 Å². The van der Waals surface area contributed by atoms with Crippen LogP contribution in [-0.4, -0.2) is 22.5 Å². The van der Waals surface area contributed by atoms with E-state index in [0.29, 0.717) is 5.56 Å². The van der Waals surface area contributed by atoms with Crippen LogP contribution in [0.2, 0.25) is 0 Å². The van der Waals surface area contributed by atoms with Crippen LogP contribution in [0.15, 0.2) is 42.5 Å². The number of aliphatic carboxylic acids is 1. The van der Waals surface area contributed by atoms with Crippen LogP contribution in [0.25, 0.3) is 10.8 Å². The summed E-state index contributed by atoms with van der Waals surface area (Å²) in [6.45, 7) is 2.91. The van der Waals surface area contributed by atoms with Gasteiger partial charge in [0.1, 0.15) is 5.54 Å². The van der Waals surface area contributed by atoms with E-state index in [1.54, 1.807) is 12.1 Å². The largest absolute Gasteiger partial charge is 0.480 e. The maximum atomic E-state index is 12.2. The fraction of sp³-hybridized carbons (Fsp3) is 0.200. The zero-order valence-electron chi connectivity index (χ0n) is 10.8. The molecule has 2 N–H and O–H groups in total. The minimum atomic E-state index is -1.30. The lowest BCUT2D eigenvalue weighted by Gasteiger charge is -2.21. The Morgan fingerprint density at radius 3 is 2.37 bits per heavy atom. The lowest BCUT2D eigenvalue weighted by atomic mass is 10.0. The lowest BCUT2D eigenvalue weighted by Crippen LogP contribution is -2.49. The van der Waals surface area contributed by atoms with Crippen LogP contribution in [0.4, 0.5) is 0 Å². The number of fused-ring (bicyclic) bond motifs is 1. The van der Waals surface area contributed by atoms with Gasteiger partial charge in [0.05, 0.1) is 0 Å². The number of carbonyl (C=O) groups is 2. The number of hydrogen-bond donors (Lipinski definition) is 2. The predicted molar refractivity (Wildman–Crippen MR) is 73.1 cm³/mol. The first-order valence-electron chi connectivity index (χ1n) is 5.95. The summed E-state index contributed by atoms with van der Waals surface area (Å²) in [5.41, 5.74) is -0.818. The van der Waals surface area contributed by atoms with Crippen molar-refractivity contribution in [2.45, 2.75) is 19.4 Å². The topological polar surface area (TPSA) is 66.4 Å². The molecule has 2 aromatic rings. The summed E-state index contributed by atoms with van der Waals surface area (Å²) >= 11 is 0. The summed E-state index contributed by atoms with van der Waals surface area (Å²) in [6, 6.07) is 12.9. The average Bonchev–Trinajstić information content (AvgIpc) is 2.37. The van der Waals surface area contributed by atoms with Gasteiger partial charge in [-0.3, -0.25) is 4.79 Å². The van der Waals surface area contributed by atoms with Crippen molar-refractivity contribution in [3.05, 3.63) is 48.0 Å². The Balaban J connectivity index is 2.40. The van der Waals surface area contributed by atoms with Gasteiger partial charge in [-0.05, 0) is 30.7 Å².